The third-order valence-electron chi connectivity index (χ3n) is 3.26. The van der Waals surface area contributed by atoms with E-state index in [-0.39, 0.29) is 23.5 Å². The summed E-state index contributed by atoms with van der Waals surface area (Å²) in [6.07, 6.45) is 0.856. The van der Waals surface area contributed by atoms with E-state index in [1.54, 1.807) is 4.90 Å². The molecule has 0 aromatic heterocycles. The van der Waals surface area contributed by atoms with E-state index in [0.717, 1.165) is 6.42 Å². The maximum absolute atomic E-state index is 12.1. The lowest BCUT2D eigenvalue weighted by molar-refractivity contribution is -0.139. The number of alkyl halides is 1. The molecule has 0 N–H and O–H groups in total. The van der Waals surface area contributed by atoms with E-state index in [2.05, 4.69) is 0 Å². The Kier molecular flexibility index (Phi) is 4.01. The van der Waals surface area contributed by atoms with E-state index in [0.29, 0.717) is 12.5 Å². The van der Waals surface area contributed by atoms with Crippen LogP contribution in [0.25, 0.3) is 0 Å². The predicted molar refractivity (Wildman–Crippen MR) is 61.1 cm³/mol. The topological polar surface area (TPSA) is 29.5 Å². The zero-order valence-corrected chi connectivity index (χ0v) is 10.7. The van der Waals surface area contributed by atoms with Gasteiger partial charge in [-0.2, -0.15) is 0 Å². The molecule has 0 aliphatic carbocycles. The van der Waals surface area contributed by atoms with Crippen LogP contribution in [-0.4, -0.2) is 42.0 Å². The lowest BCUT2D eigenvalue weighted by atomic mass is 9.97. The molecule has 0 radical (unpaired) electrons. The molecule has 0 aromatic carbocycles. The van der Waals surface area contributed by atoms with E-state index in [9.17, 15) is 4.79 Å². The monoisotopic (exact) mass is 233 g/mol. The minimum Gasteiger partial charge on any atom is -0.378 e. The molecule has 88 valence electrons. The van der Waals surface area contributed by atoms with E-state index in [4.69, 9.17) is 16.3 Å². The van der Waals surface area contributed by atoms with Crippen molar-refractivity contribution in [2.75, 3.05) is 19.5 Å². The molecule has 1 rings (SSSR count). The molecule has 0 spiro atoms. The third kappa shape index (κ3) is 2.64. The molecule has 1 heterocycles. The summed E-state index contributed by atoms with van der Waals surface area (Å²) in [5, 5.41) is 0. The number of carbonyl (C=O) groups is 1. The van der Waals surface area contributed by atoms with Gasteiger partial charge in [-0.1, -0.05) is 0 Å². The lowest BCUT2D eigenvalue weighted by Gasteiger charge is -2.36. The van der Waals surface area contributed by atoms with Crippen LogP contribution in [0.5, 0.6) is 0 Å². The average molecular weight is 234 g/mol. The molecule has 2 unspecified atom stereocenters. The second kappa shape index (κ2) is 4.71. The first-order valence-electron chi connectivity index (χ1n) is 5.35. The van der Waals surface area contributed by atoms with Gasteiger partial charge < -0.3 is 9.64 Å². The van der Waals surface area contributed by atoms with Gasteiger partial charge in [0.2, 0.25) is 5.91 Å². The minimum atomic E-state index is -0.291. The first-order valence-corrected chi connectivity index (χ1v) is 5.89. The van der Waals surface area contributed by atoms with Crippen LogP contribution in [0.15, 0.2) is 0 Å². The van der Waals surface area contributed by atoms with Crippen molar-refractivity contribution in [3.63, 3.8) is 0 Å². The van der Waals surface area contributed by atoms with Gasteiger partial charge in [0, 0.05) is 19.5 Å². The molecule has 0 aromatic rings. The van der Waals surface area contributed by atoms with E-state index < -0.39 is 0 Å². The number of hydrogen-bond acceptors (Lipinski definition) is 2. The number of carbonyl (C=O) groups excluding carboxylic acids is 1. The second-order valence-corrected chi connectivity index (χ2v) is 5.08. The molecule has 2 atom stereocenters. The SMILES string of the molecule is CC1OCCC1C(=O)N(C)C(C)(C)CCl. The smallest absolute Gasteiger partial charge is 0.228 e. The Morgan fingerprint density at radius 3 is 2.60 bits per heavy atom. The van der Waals surface area contributed by atoms with Crippen molar-refractivity contribution in [3.8, 4) is 0 Å². The summed E-state index contributed by atoms with van der Waals surface area (Å²) in [5.41, 5.74) is -0.291. The first kappa shape index (κ1) is 12.8. The van der Waals surface area contributed by atoms with Crippen LogP contribution in [0.3, 0.4) is 0 Å². The number of amides is 1. The van der Waals surface area contributed by atoms with Crippen LogP contribution in [-0.2, 0) is 9.53 Å². The molecule has 1 fully saturated rings. The van der Waals surface area contributed by atoms with Crippen LogP contribution < -0.4 is 0 Å². The van der Waals surface area contributed by atoms with Crippen molar-refractivity contribution in [2.45, 2.75) is 38.8 Å². The number of rotatable bonds is 3. The zero-order valence-electron chi connectivity index (χ0n) is 9.92. The third-order valence-corrected chi connectivity index (χ3v) is 3.91. The van der Waals surface area contributed by atoms with Gasteiger partial charge in [0.25, 0.3) is 0 Å². The fourth-order valence-corrected chi connectivity index (χ4v) is 1.87. The lowest BCUT2D eigenvalue weighted by Crippen LogP contribution is -2.49. The quantitative estimate of drug-likeness (QED) is 0.697. The van der Waals surface area contributed by atoms with Crippen LogP contribution in [0.1, 0.15) is 27.2 Å². The molecule has 1 saturated heterocycles. The summed E-state index contributed by atoms with van der Waals surface area (Å²) in [5.74, 6) is 0.583. The Balaban J connectivity index is 2.67. The summed E-state index contributed by atoms with van der Waals surface area (Å²) in [6, 6.07) is 0. The summed E-state index contributed by atoms with van der Waals surface area (Å²) in [6.45, 7) is 6.58. The molecule has 15 heavy (non-hydrogen) atoms. The van der Waals surface area contributed by atoms with Crippen LogP contribution in [0, 0.1) is 5.92 Å². The zero-order chi connectivity index (χ0) is 11.6. The number of nitrogens with zero attached hydrogens (tertiary/aromatic N) is 1. The van der Waals surface area contributed by atoms with Crippen molar-refractivity contribution >= 4 is 17.5 Å². The van der Waals surface area contributed by atoms with Gasteiger partial charge in [0.1, 0.15) is 0 Å². The van der Waals surface area contributed by atoms with Crippen molar-refractivity contribution < 1.29 is 9.53 Å². The van der Waals surface area contributed by atoms with Crippen LogP contribution in [0.2, 0.25) is 0 Å². The maximum atomic E-state index is 12.1. The molecule has 3 nitrogen and oxygen atoms in total. The summed E-state index contributed by atoms with van der Waals surface area (Å²) >= 11 is 5.85. The van der Waals surface area contributed by atoms with Gasteiger partial charge in [-0.3, -0.25) is 4.79 Å². The molecular weight excluding hydrogens is 214 g/mol. The highest BCUT2D eigenvalue weighted by atomic mass is 35.5. The highest BCUT2D eigenvalue weighted by Gasteiger charge is 2.37. The molecule has 0 saturated carbocycles. The summed E-state index contributed by atoms with van der Waals surface area (Å²) in [7, 11) is 1.82. The highest BCUT2D eigenvalue weighted by Crippen LogP contribution is 2.25. The van der Waals surface area contributed by atoms with Gasteiger partial charge in [-0.15, -0.1) is 11.6 Å². The van der Waals surface area contributed by atoms with Crippen molar-refractivity contribution in [1.82, 2.24) is 4.90 Å². The average Bonchev–Trinajstić information content (AvgIpc) is 2.62. The normalized spacial score (nSPS) is 26.7. The Morgan fingerprint density at radius 2 is 2.20 bits per heavy atom. The minimum absolute atomic E-state index is 0.00232. The van der Waals surface area contributed by atoms with Gasteiger partial charge >= 0.3 is 0 Å². The molecule has 4 heteroatoms. The van der Waals surface area contributed by atoms with Crippen LogP contribution in [0.4, 0.5) is 0 Å². The van der Waals surface area contributed by atoms with Gasteiger partial charge in [-0.05, 0) is 27.2 Å². The fourth-order valence-electron chi connectivity index (χ4n) is 1.69. The van der Waals surface area contributed by atoms with Crippen molar-refractivity contribution in [2.24, 2.45) is 5.92 Å². The molecular formula is C11H20ClNO2. The largest absolute Gasteiger partial charge is 0.378 e. The van der Waals surface area contributed by atoms with Gasteiger partial charge in [0.05, 0.1) is 17.6 Å². The Bertz CT molecular complexity index is 243. The predicted octanol–water partition coefficient (Wildman–Crippen LogP) is 1.89. The van der Waals surface area contributed by atoms with E-state index in [1.165, 1.54) is 0 Å². The Morgan fingerprint density at radius 1 is 1.60 bits per heavy atom. The standard InChI is InChI=1S/C11H20ClNO2/c1-8-9(5-6-15-8)10(14)13(4)11(2,3)7-12/h8-9H,5-7H2,1-4H3. The highest BCUT2D eigenvalue weighted by molar-refractivity contribution is 6.18. The summed E-state index contributed by atoms with van der Waals surface area (Å²) in [4.78, 5) is 13.9. The molecule has 1 amide bonds. The van der Waals surface area contributed by atoms with Gasteiger partial charge in [-0.25, -0.2) is 0 Å². The van der Waals surface area contributed by atoms with Crippen molar-refractivity contribution in [3.05, 3.63) is 0 Å². The van der Waals surface area contributed by atoms with E-state index >= 15 is 0 Å². The maximum Gasteiger partial charge on any atom is 0.228 e. The van der Waals surface area contributed by atoms with Crippen LogP contribution >= 0.6 is 11.6 Å². The fraction of sp³-hybridized carbons (Fsp3) is 0.909. The Labute approximate surface area is 96.7 Å². The van der Waals surface area contributed by atoms with Gasteiger partial charge in [0.15, 0.2) is 0 Å². The number of halogens is 1. The summed E-state index contributed by atoms with van der Waals surface area (Å²) < 4.78 is 5.40. The Hall–Kier alpha value is -0.280. The molecule has 1 aliphatic rings. The number of hydrogen-bond donors (Lipinski definition) is 0. The van der Waals surface area contributed by atoms with Crippen molar-refractivity contribution in [1.29, 1.82) is 0 Å². The second-order valence-electron chi connectivity index (χ2n) is 4.81. The molecule has 0 bridgehead atoms. The molecule has 1 aliphatic heterocycles. The first-order chi connectivity index (χ1) is 6.90. The van der Waals surface area contributed by atoms with E-state index in [1.807, 2.05) is 27.8 Å². The number of ether oxygens (including phenoxy) is 1.